The van der Waals surface area contributed by atoms with E-state index in [1.807, 2.05) is 36.4 Å². The molecular formula is C75H79F. The minimum Gasteiger partial charge on any atom is -0.207 e. The number of halogens is 1. The first-order chi connectivity index (χ1) is 36.8. The molecule has 10 rings (SSSR count). The molecule has 0 amide bonds. The van der Waals surface area contributed by atoms with Gasteiger partial charge in [0, 0.05) is 0 Å². The van der Waals surface area contributed by atoms with E-state index >= 15 is 0 Å². The highest BCUT2D eigenvalue weighted by Crippen LogP contribution is 2.58. The molecule has 7 aromatic rings. The zero-order valence-corrected chi connectivity index (χ0v) is 46.7. The molecule has 7 aromatic carbocycles. The van der Waals surface area contributed by atoms with E-state index in [1.54, 1.807) is 36.3 Å². The lowest BCUT2D eigenvalue weighted by Gasteiger charge is -2.34. The van der Waals surface area contributed by atoms with Gasteiger partial charge in [-0.1, -0.05) is 257 Å². The second-order valence-electron chi connectivity index (χ2n) is 19.9. The summed E-state index contributed by atoms with van der Waals surface area (Å²) in [4.78, 5) is 0. The summed E-state index contributed by atoms with van der Waals surface area (Å²) in [5.74, 6) is 0.696. The summed E-state index contributed by atoms with van der Waals surface area (Å²) in [5.41, 5.74) is 22.9. The van der Waals surface area contributed by atoms with Crippen LogP contribution in [0.2, 0.25) is 0 Å². The highest BCUT2D eigenvalue weighted by molar-refractivity contribution is 5.94. The SMILES string of the molecule is C=C/C(C)=C(\C=C/C)C1=C(C2CC2)C(C)=CCC1.C=C/C=C(\C=C)CC.C=Cc1c(C)cc2c(c1C=C)-c1ccc(C)cc1C2(c1ccccc1)c1ccccc1.Cc1ccc2ccccc2c1.Cc1ccccc1F. The molecular weight excluding hydrogens is 920 g/mol. The van der Waals surface area contributed by atoms with Crippen LogP contribution >= 0.6 is 0 Å². The van der Waals surface area contributed by atoms with Crippen LogP contribution in [-0.4, -0.2) is 0 Å². The van der Waals surface area contributed by atoms with E-state index in [4.69, 9.17) is 0 Å². The molecule has 0 aliphatic heterocycles. The van der Waals surface area contributed by atoms with Crippen LogP contribution in [0, 0.1) is 39.4 Å². The third-order valence-electron chi connectivity index (χ3n) is 14.6. The van der Waals surface area contributed by atoms with Gasteiger partial charge in [-0.25, -0.2) is 4.39 Å². The largest absolute Gasteiger partial charge is 0.207 e. The Bertz CT molecular complexity index is 3280. The summed E-state index contributed by atoms with van der Waals surface area (Å²) in [6.07, 6.45) is 24.5. The highest BCUT2D eigenvalue weighted by Gasteiger charge is 2.47. The molecule has 1 fully saturated rings. The average molecular weight is 999 g/mol. The molecule has 0 unspecified atom stereocenters. The molecule has 0 N–H and O–H groups in total. The molecule has 1 saturated carbocycles. The van der Waals surface area contributed by atoms with Gasteiger partial charge >= 0.3 is 0 Å². The van der Waals surface area contributed by atoms with E-state index in [9.17, 15) is 4.39 Å². The molecule has 76 heavy (non-hydrogen) atoms. The van der Waals surface area contributed by atoms with E-state index in [2.05, 4.69) is 227 Å². The Kier molecular flexibility index (Phi) is 20.9. The van der Waals surface area contributed by atoms with Crippen LogP contribution < -0.4 is 0 Å². The van der Waals surface area contributed by atoms with Crippen molar-refractivity contribution in [2.45, 2.75) is 92.9 Å². The zero-order valence-electron chi connectivity index (χ0n) is 46.7. The molecule has 3 aliphatic rings. The van der Waals surface area contributed by atoms with Crippen molar-refractivity contribution in [1.82, 2.24) is 0 Å². The fourth-order valence-corrected chi connectivity index (χ4v) is 10.6. The molecule has 0 radical (unpaired) electrons. The van der Waals surface area contributed by atoms with Gasteiger partial charge in [-0.3, -0.25) is 0 Å². The maximum Gasteiger partial charge on any atom is 0.126 e. The minimum atomic E-state index is -0.374. The Balaban J connectivity index is 0.000000175. The summed E-state index contributed by atoms with van der Waals surface area (Å²) < 4.78 is 12.3. The molecule has 1 heteroatoms. The van der Waals surface area contributed by atoms with Crippen LogP contribution in [0.15, 0.2) is 261 Å². The summed E-state index contributed by atoms with van der Waals surface area (Å²) in [6, 6.07) is 52.7. The molecule has 0 nitrogen and oxygen atoms in total. The molecule has 0 saturated heterocycles. The van der Waals surface area contributed by atoms with Crippen molar-refractivity contribution in [1.29, 1.82) is 0 Å². The first kappa shape index (κ1) is 57.4. The van der Waals surface area contributed by atoms with E-state index in [-0.39, 0.29) is 11.2 Å². The van der Waals surface area contributed by atoms with E-state index in [0.29, 0.717) is 5.56 Å². The van der Waals surface area contributed by atoms with Crippen molar-refractivity contribution in [3.05, 3.63) is 322 Å². The normalized spacial score (nSPS) is 14.3. The second-order valence-corrected chi connectivity index (χ2v) is 19.9. The van der Waals surface area contributed by atoms with Crippen molar-refractivity contribution in [2.24, 2.45) is 5.92 Å². The molecule has 3 aliphatic carbocycles. The smallest absolute Gasteiger partial charge is 0.126 e. The second kappa shape index (κ2) is 27.6. The lowest BCUT2D eigenvalue weighted by molar-refractivity contribution is 0.618. The Morgan fingerprint density at radius 2 is 1.22 bits per heavy atom. The standard InChI is InChI=1S/C31H26.C18H24.C11H10.C8H12.C7H7F/c1-5-25-22(4)20-29-30(26(25)6-2)27-18-17-21(3)19-28(27)31(29,23-13-9-7-10-14-23)24-15-11-8-12-16-24;1-5-8-16(13(3)6-2)17-10-7-9-14(4)18(17)15-11-12-15;1-9-6-7-10-4-2-3-5-11(10)8-9;1-4-7-8(5-2)6-3;1-6-4-2-3-5-7(6)8/h5-20H,1-2H2,3-4H3;5-6,8-9,15H,2,7,10-12H2,1,3-4H3;2-8H,1H3;4-5,7H,1-2,6H2,3H3;2-5H,1H3/b;8-5-,16-13+;;8-7+;. The topological polar surface area (TPSA) is 0 Å². The average Bonchev–Trinajstić information content (AvgIpc) is 4.34. The summed E-state index contributed by atoms with van der Waals surface area (Å²) in [7, 11) is 0. The Labute approximate surface area is 456 Å². The van der Waals surface area contributed by atoms with Crippen LogP contribution in [0.1, 0.15) is 115 Å². The van der Waals surface area contributed by atoms with Gasteiger partial charge in [-0.05, 0) is 187 Å². The van der Waals surface area contributed by atoms with Crippen molar-refractivity contribution in [3.8, 4) is 11.1 Å². The molecule has 0 spiro atoms. The number of allylic oxidation sites excluding steroid dienone is 13. The maximum absolute atomic E-state index is 12.3. The lowest BCUT2D eigenvalue weighted by Crippen LogP contribution is -2.28. The van der Waals surface area contributed by atoms with Crippen LogP contribution in [0.25, 0.3) is 34.1 Å². The number of fused-ring (bicyclic) bond motifs is 4. The van der Waals surface area contributed by atoms with Gasteiger partial charge < -0.3 is 0 Å². The number of hydrogen-bond donors (Lipinski definition) is 0. The molecule has 0 bridgehead atoms. The number of rotatable bonds is 11. The monoisotopic (exact) mass is 999 g/mol. The highest BCUT2D eigenvalue weighted by atomic mass is 19.1. The van der Waals surface area contributed by atoms with Crippen LogP contribution in [0.5, 0.6) is 0 Å². The van der Waals surface area contributed by atoms with Crippen LogP contribution in [-0.2, 0) is 5.41 Å². The van der Waals surface area contributed by atoms with Gasteiger partial charge in [-0.15, -0.1) is 0 Å². The summed E-state index contributed by atoms with van der Waals surface area (Å²) in [6.45, 7) is 36.3. The predicted octanol–water partition coefficient (Wildman–Crippen LogP) is 21.4. The van der Waals surface area contributed by atoms with Gasteiger partial charge in [0.1, 0.15) is 5.82 Å². The van der Waals surface area contributed by atoms with E-state index in [1.165, 1.54) is 120 Å². The first-order valence-corrected chi connectivity index (χ1v) is 27.0. The van der Waals surface area contributed by atoms with E-state index in [0.717, 1.165) is 17.9 Å². The summed E-state index contributed by atoms with van der Waals surface area (Å²) >= 11 is 0. The summed E-state index contributed by atoms with van der Waals surface area (Å²) in [5, 5.41) is 2.64. The number of aryl methyl sites for hydroxylation is 4. The first-order valence-electron chi connectivity index (χ1n) is 27.0. The molecule has 0 heterocycles. The Morgan fingerprint density at radius 1 is 0.632 bits per heavy atom. The van der Waals surface area contributed by atoms with Crippen molar-refractivity contribution in [3.63, 3.8) is 0 Å². The van der Waals surface area contributed by atoms with Gasteiger partial charge in [0.25, 0.3) is 0 Å². The molecule has 0 aromatic heterocycles. The fraction of sp³-hybridized carbons (Fsp3) is 0.200. The zero-order chi connectivity index (χ0) is 54.8. The minimum absolute atomic E-state index is 0.132. The van der Waals surface area contributed by atoms with E-state index < -0.39 is 0 Å². The maximum atomic E-state index is 12.3. The quantitative estimate of drug-likeness (QED) is 0.113. The predicted molar refractivity (Wildman–Crippen MR) is 332 cm³/mol. The number of hydrogen-bond acceptors (Lipinski definition) is 0. The van der Waals surface area contributed by atoms with Crippen LogP contribution in [0.3, 0.4) is 0 Å². The third-order valence-corrected chi connectivity index (χ3v) is 14.6. The third kappa shape index (κ3) is 13.3. The Morgan fingerprint density at radius 3 is 1.75 bits per heavy atom. The van der Waals surface area contributed by atoms with Gasteiger partial charge in [0.05, 0.1) is 5.41 Å². The van der Waals surface area contributed by atoms with Crippen molar-refractivity contribution in [2.75, 3.05) is 0 Å². The van der Waals surface area contributed by atoms with Gasteiger partial charge in [0.15, 0.2) is 0 Å². The number of benzene rings is 7. The Hall–Kier alpha value is -7.87. The van der Waals surface area contributed by atoms with Gasteiger partial charge in [-0.2, -0.15) is 0 Å². The molecule has 0 atom stereocenters. The van der Waals surface area contributed by atoms with Crippen LogP contribution in [0.4, 0.5) is 4.39 Å². The fourth-order valence-electron chi connectivity index (χ4n) is 10.6. The lowest BCUT2D eigenvalue weighted by atomic mass is 9.67. The molecule has 386 valence electrons. The van der Waals surface area contributed by atoms with Gasteiger partial charge in [0.2, 0.25) is 0 Å². The van der Waals surface area contributed by atoms with Crippen molar-refractivity contribution >= 4 is 22.9 Å². The van der Waals surface area contributed by atoms with Crippen molar-refractivity contribution < 1.29 is 4.39 Å².